The van der Waals surface area contributed by atoms with Crippen molar-refractivity contribution in [3.63, 3.8) is 0 Å². The lowest BCUT2D eigenvalue weighted by atomic mass is 9.90. The topological polar surface area (TPSA) is 215 Å². The molecule has 3 aromatic rings. The maximum absolute atomic E-state index is 13.6. The van der Waals surface area contributed by atoms with Crippen molar-refractivity contribution in [1.29, 1.82) is 0 Å². The molecular formula is C31H36F3N7O5. The van der Waals surface area contributed by atoms with Crippen LogP contribution >= 0.6 is 0 Å². The molecule has 10 N–H and O–H groups in total. The van der Waals surface area contributed by atoms with E-state index in [0.29, 0.717) is 25.9 Å². The van der Waals surface area contributed by atoms with Crippen LogP contribution in [0.3, 0.4) is 0 Å². The van der Waals surface area contributed by atoms with Crippen LogP contribution in [0.15, 0.2) is 89.9 Å². The van der Waals surface area contributed by atoms with Crippen molar-refractivity contribution in [2.24, 2.45) is 22.2 Å². The molecule has 0 heterocycles. The first-order chi connectivity index (χ1) is 21.8. The fourth-order valence-corrected chi connectivity index (χ4v) is 4.09. The highest BCUT2D eigenvalue weighted by molar-refractivity contribution is 5.92. The number of benzene rings is 3. The van der Waals surface area contributed by atoms with E-state index in [1.807, 2.05) is 84.9 Å². The number of nitrogens with one attached hydrogen (secondary N) is 3. The van der Waals surface area contributed by atoms with Gasteiger partial charge in [-0.25, -0.2) is 9.59 Å². The highest BCUT2D eigenvalue weighted by Crippen LogP contribution is 2.25. The average Bonchev–Trinajstić information content (AvgIpc) is 3.01. The van der Waals surface area contributed by atoms with Gasteiger partial charge in [0.2, 0.25) is 11.8 Å². The Kier molecular flexibility index (Phi) is 14.5. The van der Waals surface area contributed by atoms with Gasteiger partial charge in [0.25, 0.3) is 0 Å². The molecule has 0 spiro atoms. The number of guanidine groups is 1. The number of carboxylic acid groups (broad SMARTS) is 1. The molecule has 12 nitrogen and oxygen atoms in total. The molecule has 0 aliphatic rings. The molecule has 0 aliphatic carbocycles. The van der Waals surface area contributed by atoms with Crippen LogP contribution in [0.2, 0.25) is 0 Å². The number of nitrogens with two attached hydrogens (primary N) is 3. The number of carbonyl (C=O) groups excluding carboxylic acids is 3. The predicted molar refractivity (Wildman–Crippen MR) is 165 cm³/mol. The summed E-state index contributed by atoms with van der Waals surface area (Å²) in [5, 5.41) is 15.5. The van der Waals surface area contributed by atoms with Gasteiger partial charge in [-0.2, -0.15) is 13.2 Å². The van der Waals surface area contributed by atoms with E-state index in [2.05, 4.69) is 20.9 Å². The summed E-state index contributed by atoms with van der Waals surface area (Å²) in [4.78, 5) is 50.7. The Morgan fingerprint density at radius 3 is 1.61 bits per heavy atom. The third-order valence-corrected chi connectivity index (χ3v) is 6.31. The van der Waals surface area contributed by atoms with Gasteiger partial charge < -0.3 is 38.3 Å². The summed E-state index contributed by atoms with van der Waals surface area (Å²) in [5.74, 6) is -3.95. The molecule has 0 aromatic heterocycles. The highest BCUT2D eigenvalue weighted by Gasteiger charge is 2.38. The van der Waals surface area contributed by atoms with Crippen LogP contribution in [0, 0.1) is 0 Å². The number of rotatable bonds is 13. The number of alkyl halides is 3. The van der Waals surface area contributed by atoms with Crippen molar-refractivity contribution in [3.8, 4) is 0 Å². The smallest absolute Gasteiger partial charge is 0.475 e. The molecule has 0 fully saturated rings. The number of aliphatic carboxylic acids is 1. The molecule has 1 atom stereocenters. The quantitative estimate of drug-likeness (QED) is 0.0838. The summed E-state index contributed by atoms with van der Waals surface area (Å²) in [6.07, 6.45) is -4.23. The summed E-state index contributed by atoms with van der Waals surface area (Å²) in [7, 11) is 0. The van der Waals surface area contributed by atoms with Crippen molar-refractivity contribution in [2.45, 2.75) is 44.1 Å². The third-order valence-electron chi connectivity index (χ3n) is 6.31. The fourth-order valence-electron chi connectivity index (χ4n) is 4.09. The lowest BCUT2D eigenvalue weighted by molar-refractivity contribution is -0.192. The molecule has 0 radical (unpaired) electrons. The molecule has 46 heavy (non-hydrogen) atoms. The Morgan fingerprint density at radius 2 is 1.20 bits per heavy atom. The van der Waals surface area contributed by atoms with E-state index in [1.165, 1.54) is 0 Å². The maximum atomic E-state index is 13.6. The minimum Gasteiger partial charge on any atom is -0.475 e. The normalized spacial score (nSPS) is 11.3. The lowest BCUT2D eigenvalue weighted by Crippen LogP contribution is -2.48. The van der Waals surface area contributed by atoms with Crippen LogP contribution in [0.5, 0.6) is 0 Å². The number of aliphatic imine (C=N–C) groups is 1. The summed E-state index contributed by atoms with van der Waals surface area (Å²) >= 11 is 0. The molecule has 0 saturated heterocycles. The number of carbonyl (C=O) groups is 4. The second kappa shape index (κ2) is 18.3. The first-order valence-corrected chi connectivity index (χ1v) is 13.9. The second-order valence-corrected chi connectivity index (χ2v) is 9.82. The zero-order valence-electron chi connectivity index (χ0n) is 24.7. The summed E-state index contributed by atoms with van der Waals surface area (Å²) < 4.78 is 31.7. The molecule has 3 aromatic carbocycles. The van der Waals surface area contributed by atoms with E-state index in [4.69, 9.17) is 27.1 Å². The minimum absolute atomic E-state index is 0.0252. The molecule has 0 bridgehead atoms. The number of halogens is 3. The summed E-state index contributed by atoms with van der Waals surface area (Å²) in [6.45, 7) is 0.920. The van der Waals surface area contributed by atoms with Crippen LogP contribution in [-0.2, 0) is 27.5 Å². The van der Waals surface area contributed by atoms with E-state index in [-0.39, 0.29) is 24.3 Å². The molecule has 0 aliphatic heterocycles. The minimum atomic E-state index is -5.08. The zero-order chi connectivity index (χ0) is 34.1. The van der Waals surface area contributed by atoms with E-state index < -0.39 is 30.1 Å². The zero-order valence-corrected chi connectivity index (χ0v) is 24.7. The number of hydrogen-bond donors (Lipinski definition) is 7. The van der Waals surface area contributed by atoms with Gasteiger partial charge in [-0.3, -0.25) is 14.6 Å². The fraction of sp³-hybridized carbons (Fsp3) is 0.258. The molecule has 4 amide bonds. The van der Waals surface area contributed by atoms with Gasteiger partial charge >= 0.3 is 18.2 Å². The average molecular weight is 644 g/mol. The third kappa shape index (κ3) is 13.4. The van der Waals surface area contributed by atoms with Crippen LogP contribution in [-0.4, -0.2) is 53.6 Å². The van der Waals surface area contributed by atoms with Gasteiger partial charge in [0, 0.05) is 19.6 Å². The Labute approximate surface area is 263 Å². The van der Waals surface area contributed by atoms with Gasteiger partial charge in [0.15, 0.2) is 5.96 Å². The number of nitrogens with zero attached hydrogens (tertiary/aromatic N) is 1. The SMILES string of the molecule is NC(=O)NCc1ccc(CNC(=O)C(CCCN=C(N)N)NC(=O)C(c2ccccc2)c2ccccc2)cc1.O=C(O)C(F)(F)F. The van der Waals surface area contributed by atoms with Crippen LogP contribution < -0.4 is 33.2 Å². The summed E-state index contributed by atoms with van der Waals surface area (Å²) in [6, 6.07) is 24.9. The number of hydrogen-bond acceptors (Lipinski definition) is 5. The monoisotopic (exact) mass is 643 g/mol. The predicted octanol–water partition coefficient (Wildman–Crippen LogP) is 2.47. The number of urea groups is 1. The van der Waals surface area contributed by atoms with E-state index in [0.717, 1.165) is 22.3 Å². The molecule has 0 saturated carbocycles. The second-order valence-electron chi connectivity index (χ2n) is 9.82. The van der Waals surface area contributed by atoms with Crippen molar-refractivity contribution in [3.05, 3.63) is 107 Å². The number of primary amides is 1. The van der Waals surface area contributed by atoms with Crippen LogP contribution in [0.25, 0.3) is 0 Å². The van der Waals surface area contributed by atoms with Gasteiger partial charge in [-0.1, -0.05) is 84.9 Å². The number of amides is 4. The Bertz CT molecular complexity index is 1410. The molecule has 15 heteroatoms. The van der Waals surface area contributed by atoms with Gasteiger partial charge in [-0.05, 0) is 35.1 Å². The molecule has 246 valence electrons. The van der Waals surface area contributed by atoms with Crippen molar-refractivity contribution >= 4 is 29.8 Å². The van der Waals surface area contributed by atoms with Gasteiger partial charge in [0.1, 0.15) is 6.04 Å². The van der Waals surface area contributed by atoms with Gasteiger partial charge in [-0.15, -0.1) is 0 Å². The first kappa shape index (κ1) is 36.6. The standard InChI is InChI=1S/C29H35N7O3.C2HF3O2/c30-28(31)33-17-7-12-24(26(37)34-18-20-13-15-21(16-14-20)19-35-29(32)39)36-27(38)25(22-8-3-1-4-9-22)23-10-5-2-6-11-23;3-2(4,5)1(6)7/h1-6,8-11,13-16,24-25H,7,12,17-19H2,(H,34,37)(H,36,38)(H4,30,31,33)(H3,32,35,39);(H,6,7). The van der Waals surface area contributed by atoms with Crippen LogP contribution in [0.1, 0.15) is 41.0 Å². The van der Waals surface area contributed by atoms with Crippen molar-refractivity contribution in [2.75, 3.05) is 6.54 Å². The van der Waals surface area contributed by atoms with Gasteiger partial charge in [0.05, 0.1) is 5.92 Å². The van der Waals surface area contributed by atoms with Crippen LogP contribution in [0.4, 0.5) is 18.0 Å². The van der Waals surface area contributed by atoms with Crippen molar-refractivity contribution < 1.29 is 37.5 Å². The van der Waals surface area contributed by atoms with E-state index >= 15 is 0 Å². The Hall–Kier alpha value is -5.60. The Morgan fingerprint density at radius 1 is 0.739 bits per heavy atom. The maximum Gasteiger partial charge on any atom is 0.490 e. The summed E-state index contributed by atoms with van der Waals surface area (Å²) in [5.41, 5.74) is 19.4. The Balaban J connectivity index is 0.000000942. The number of carboxylic acids is 1. The molecular weight excluding hydrogens is 607 g/mol. The van der Waals surface area contributed by atoms with Crippen molar-refractivity contribution in [1.82, 2.24) is 16.0 Å². The highest BCUT2D eigenvalue weighted by atomic mass is 19.4. The molecule has 3 rings (SSSR count). The largest absolute Gasteiger partial charge is 0.490 e. The molecule has 1 unspecified atom stereocenters. The first-order valence-electron chi connectivity index (χ1n) is 13.9. The van der Waals surface area contributed by atoms with E-state index in [1.54, 1.807) is 0 Å². The van der Waals surface area contributed by atoms with E-state index in [9.17, 15) is 27.6 Å². The lowest BCUT2D eigenvalue weighted by Gasteiger charge is -2.23.